The Morgan fingerprint density at radius 2 is 1.90 bits per heavy atom. The molecule has 0 spiro atoms. The van der Waals surface area contributed by atoms with E-state index in [1.54, 1.807) is 0 Å². The molecule has 1 unspecified atom stereocenters. The summed E-state index contributed by atoms with van der Waals surface area (Å²) < 4.78 is 2.83. The van der Waals surface area contributed by atoms with Crippen molar-refractivity contribution in [2.45, 2.75) is 13.0 Å². The Kier molecular flexibility index (Phi) is 5.63. The van der Waals surface area contributed by atoms with Gasteiger partial charge in [0.05, 0.1) is 11.6 Å². The van der Waals surface area contributed by atoms with Gasteiger partial charge in [0.25, 0.3) is 5.91 Å². The smallest absolute Gasteiger partial charge is 0.252 e. The SMILES string of the molecule is CC(NC(=O)c1cc(Br)ccc1I)c1ccccc1Br. The summed E-state index contributed by atoms with van der Waals surface area (Å²) in [6, 6.07) is 13.5. The molecule has 2 aromatic carbocycles. The Bertz CT molecular complexity index is 646. The lowest BCUT2D eigenvalue weighted by atomic mass is 10.1. The molecule has 0 aliphatic heterocycles. The summed E-state index contributed by atoms with van der Waals surface area (Å²) in [4.78, 5) is 12.4. The highest BCUT2D eigenvalue weighted by molar-refractivity contribution is 14.1. The lowest BCUT2D eigenvalue weighted by molar-refractivity contribution is 0.0939. The number of rotatable bonds is 3. The molecule has 0 aromatic heterocycles. The third-order valence-corrected chi connectivity index (χ3v) is 5.05. The van der Waals surface area contributed by atoms with Crippen molar-refractivity contribution in [3.05, 3.63) is 66.1 Å². The fourth-order valence-electron chi connectivity index (χ4n) is 1.85. The van der Waals surface area contributed by atoms with E-state index in [4.69, 9.17) is 0 Å². The van der Waals surface area contributed by atoms with E-state index in [2.05, 4.69) is 59.8 Å². The van der Waals surface area contributed by atoms with Crippen LogP contribution in [0.5, 0.6) is 0 Å². The molecule has 0 saturated carbocycles. The van der Waals surface area contributed by atoms with Crippen LogP contribution in [-0.4, -0.2) is 5.91 Å². The van der Waals surface area contributed by atoms with Gasteiger partial charge in [-0.2, -0.15) is 0 Å². The summed E-state index contributed by atoms with van der Waals surface area (Å²) in [5, 5.41) is 3.03. The molecule has 0 aliphatic rings. The van der Waals surface area contributed by atoms with E-state index in [1.165, 1.54) is 0 Å². The van der Waals surface area contributed by atoms with Crippen LogP contribution < -0.4 is 5.32 Å². The molecular weight excluding hydrogens is 497 g/mol. The molecule has 1 atom stereocenters. The minimum absolute atomic E-state index is 0.0622. The molecule has 5 heteroatoms. The van der Waals surface area contributed by atoms with Crippen LogP contribution in [0.3, 0.4) is 0 Å². The molecule has 0 saturated heterocycles. The van der Waals surface area contributed by atoms with Crippen molar-refractivity contribution in [2.24, 2.45) is 0 Å². The van der Waals surface area contributed by atoms with Crippen LogP contribution in [0.15, 0.2) is 51.4 Å². The van der Waals surface area contributed by atoms with Crippen LogP contribution >= 0.6 is 54.5 Å². The maximum Gasteiger partial charge on any atom is 0.252 e. The molecule has 0 bridgehead atoms. The largest absolute Gasteiger partial charge is 0.345 e. The Balaban J connectivity index is 2.20. The second kappa shape index (κ2) is 7.04. The lowest BCUT2D eigenvalue weighted by Crippen LogP contribution is -2.27. The Morgan fingerprint density at radius 3 is 2.60 bits per heavy atom. The van der Waals surface area contributed by atoms with E-state index in [-0.39, 0.29) is 11.9 Å². The molecule has 1 N–H and O–H groups in total. The Labute approximate surface area is 148 Å². The van der Waals surface area contributed by atoms with Gasteiger partial charge in [-0.15, -0.1) is 0 Å². The number of hydrogen-bond donors (Lipinski definition) is 1. The first-order valence-electron chi connectivity index (χ1n) is 5.99. The van der Waals surface area contributed by atoms with Crippen molar-refractivity contribution in [3.63, 3.8) is 0 Å². The van der Waals surface area contributed by atoms with E-state index in [0.29, 0.717) is 5.56 Å². The van der Waals surface area contributed by atoms with Crippen LogP contribution in [0.25, 0.3) is 0 Å². The average Bonchev–Trinajstić information content (AvgIpc) is 2.41. The van der Waals surface area contributed by atoms with Crippen molar-refractivity contribution in [1.29, 1.82) is 0 Å². The van der Waals surface area contributed by atoms with E-state index in [1.807, 2.05) is 49.4 Å². The number of nitrogens with one attached hydrogen (secondary N) is 1. The summed E-state index contributed by atoms with van der Waals surface area (Å²) >= 11 is 9.07. The quantitative estimate of drug-likeness (QED) is 0.560. The summed E-state index contributed by atoms with van der Waals surface area (Å²) in [5.41, 5.74) is 1.74. The van der Waals surface area contributed by atoms with Crippen LogP contribution in [0.1, 0.15) is 28.9 Å². The molecule has 20 heavy (non-hydrogen) atoms. The van der Waals surface area contributed by atoms with Gasteiger partial charge in [-0.05, 0) is 59.3 Å². The van der Waals surface area contributed by atoms with E-state index in [9.17, 15) is 4.79 Å². The monoisotopic (exact) mass is 507 g/mol. The van der Waals surface area contributed by atoms with Crippen molar-refractivity contribution >= 4 is 60.4 Å². The van der Waals surface area contributed by atoms with E-state index < -0.39 is 0 Å². The van der Waals surface area contributed by atoms with Gasteiger partial charge < -0.3 is 5.32 Å². The number of carbonyl (C=O) groups is 1. The zero-order valence-electron chi connectivity index (χ0n) is 10.7. The third-order valence-electron chi connectivity index (χ3n) is 2.89. The summed E-state index contributed by atoms with van der Waals surface area (Å²) in [6.45, 7) is 1.98. The first-order chi connectivity index (χ1) is 9.49. The van der Waals surface area contributed by atoms with Crippen molar-refractivity contribution in [2.75, 3.05) is 0 Å². The van der Waals surface area contributed by atoms with Crippen molar-refractivity contribution < 1.29 is 4.79 Å². The number of hydrogen-bond acceptors (Lipinski definition) is 1. The van der Waals surface area contributed by atoms with Gasteiger partial charge >= 0.3 is 0 Å². The molecule has 2 nitrogen and oxygen atoms in total. The minimum atomic E-state index is -0.0704. The number of halogens is 3. The van der Waals surface area contributed by atoms with Crippen LogP contribution in [0, 0.1) is 3.57 Å². The second-order valence-corrected chi connectivity index (χ2v) is 7.27. The van der Waals surface area contributed by atoms with Crippen LogP contribution in [0.2, 0.25) is 0 Å². The van der Waals surface area contributed by atoms with Gasteiger partial charge in [0, 0.05) is 12.5 Å². The number of carbonyl (C=O) groups excluding carboxylic acids is 1. The highest BCUT2D eigenvalue weighted by Crippen LogP contribution is 2.24. The molecular formula is C15H12Br2INO. The summed E-state index contributed by atoms with van der Waals surface area (Å²) in [7, 11) is 0. The molecule has 2 rings (SSSR count). The maximum atomic E-state index is 12.4. The van der Waals surface area contributed by atoms with Crippen LogP contribution in [0.4, 0.5) is 0 Å². The lowest BCUT2D eigenvalue weighted by Gasteiger charge is -2.16. The first-order valence-corrected chi connectivity index (χ1v) is 8.66. The van der Waals surface area contributed by atoms with E-state index >= 15 is 0 Å². The average molecular weight is 509 g/mol. The highest BCUT2D eigenvalue weighted by atomic mass is 127. The zero-order valence-corrected chi connectivity index (χ0v) is 16.0. The molecule has 2 aromatic rings. The third kappa shape index (κ3) is 3.83. The van der Waals surface area contributed by atoms with E-state index in [0.717, 1.165) is 18.1 Å². The van der Waals surface area contributed by atoms with Gasteiger partial charge in [0.1, 0.15) is 0 Å². The maximum absolute atomic E-state index is 12.4. The zero-order chi connectivity index (χ0) is 14.7. The molecule has 0 radical (unpaired) electrons. The van der Waals surface area contributed by atoms with Crippen LogP contribution in [-0.2, 0) is 0 Å². The minimum Gasteiger partial charge on any atom is -0.345 e. The Hall–Kier alpha value is -0.400. The number of benzene rings is 2. The normalized spacial score (nSPS) is 12.0. The fraction of sp³-hybridized carbons (Fsp3) is 0.133. The van der Waals surface area contributed by atoms with Gasteiger partial charge in [0.2, 0.25) is 0 Å². The summed E-state index contributed by atoms with van der Waals surface area (Å²) in [5.74, 6) is -0.0704. The van der Waals surface area contributed by atoms with Gasteiger partial charge in [-0.25, -0.2) is 0 Å². The number of amides is 1. The molecule has 1 amide bonds. The summed E-state index contributed by atoms with van der Waals surface area (Å²) in [6.07, 6.45) is 0. The molecule has 0 fully saturated rings. The molecule has 0 aliphatic carbocycles. The first kappa shape index (κ1) is 16.0. The Morgan fingerprint density at radius 1 is 1.20 bits per heavy atom. The highest BCUT2D eigenvalue weighted by Gasteiger charge is 2.15. The van der Waals surface area contributed by atoms with Gasteiger partial charge in [-0.1, -0.05) is 50.1 Å². The topological polar surface area (TPSA) is 29.1 Å². The van der Waals surface area contributed by atoms with Crippen molar-refractivity contribution in [3.8, 4) is 0 Å². The predicted octanol–water partition coefficient (Wildman–Crippen LogP) is 5.31. The van der Waals surface area contributed by atoms with Gasteiger partial charge in [-0.3, -0.25) is 4.79 Å². The molecule has 0 heterocycles. The van der Waals surface area contributed by atoms with Gasteiger partial charge in [0.15, 0.2) is 0 Å². The predicted molar refractivity (Wildman–Crippen MR) is 96.9 cm³/mol. The fourth-order valence-corrected chi connectivity index (χ4v) is 3.42. The second-order valence-electron chi connectivity index (χ2n) is 4.34. The standard InChI is InChI=1S/C15H12Br2INO/c1-9(11-4-2-3-5-13(11)17)19-15(20)12-8-10(16)6-7-14(12)18/h2-9H,1H3,(H,19,20). The van der Waals surface area contributed by atoms with Crippen molar-refractivity contribution in [1.82, 2.24) is 5.32 Å². The molecule has 104 valence electrons.